The van der Waals surface area contributed by atoms with Gasteiger partial charge in [-0.2, -0.15) is 8.42 Å². The van der Waals surface area contributed by atoms with Crippen molar-refractivity contribution in [2.75, 3.05) is 19.7 Å². The van der Waals surface area contributed by atoms with E-state index in [0.717, 1.165) is 14.2 Å². The Kier molecular flexibility index (Phi) is 4.70. The molecule has 0 radical (unpaired) electrons. The first-order valence-electron chi connectivity index (χ1n) is 4.58. The second kappa shape index (κ2) is 5.64. The summed E-state index contributed by atoms with van der Waals surface area (Å²) in [5.74, 6) is 0.145. The normalized spacial score (nSPS) is 12.4. The molecule has 0 unspecified atom stereocenters. The molecular formula is C9H13O6PS. The van der Waals surface area contributed by atoms with Gasteiger partial charge in [0.05, 0.1) is 0 Å². The van der Waals surface area contributed by atoms with Gasteiger partial charge in [0.1, 0.15) is 5.75 Å². The van der Waals surface area contributed by atoms with E-state index in [1.807, 2.05) is 0 Å². The zero-order chi connectivity index (χ0) is 12.9. The third-order valence-electron chi connectivity index (χ3n) is 1.84. The van der Waals surface area contributed by atoms with Crippen molar-refractivity contribution in [1.82, 2.24) is 0 Å². The van der Waals surface area contributed by atoms with Crippen molar-refractivity contribution in [2.24, 2.45) is 0 Å². The second-order valence-electron chi connectivity index (χ2n) is 3.06. The van der Waals surface area contributed by atoms with Gasteiger partial charge in [0.2, 0.25) is 0 Å². The molecule has 1 rings (SSSR count). The van der Waals surface area contributed by atoms with Crippen molar-refractivity contribution in [1.29, 1.82) is 0 Å². The molecule has 0 spiro atoms. The summed E-state index contributed by atoms with van der Waals surface area (Å²) in [6.45, 7) is 0. The largest absolute Gasteiger partial charge is 0.382 e. The van der Waals surface area contributed by atoms with Crippen molar-refractivity contribution in [3.8, 4) is 5.75 Å². The fraction of sp³-hybridized carbons (Fsp3) is 0.333. The summed E-state index contributed by atoms with van der Waals surface area (Å²) in [5.41, 5.74) is -0.831. The summed E-state index contributed by atoms with van der Waals surface area (Å²) in [6.07, 6.45) is 0. The van der Waals surface area contributed by atoms with Gasteiger partial charge in [-0.3, -0.25) is 4.57 Å². The highest BCUT2D eigenvalue weighted by molar-refractivity contribution is 7.94. The summed E-state index contributed by atoms with van der Waals surface area (Å²) >= 11 is 0. The maximum absolute atomic E-state index is 11.7. The van der Waals surface area contributed by atoms with E-state index in [4.69, 9.17) is 4.18 Å². The third-order valence-corrected chi connectivity index (χ3v) is 5.93. The lowest BCUT2D eigenvalue weighted by Gasteiger charge is -2.13. The Morgan fingerprint density at radius 1 is 1.12 bits per heavy atom. The van der Waals surface area contributed by atoms with Crippen LogP contribution in [0.3, 0.4) is 0 Å². The Labute approximate surface area is 100 Å². The molecule has 6 nitrogen and oxygen atoms in total. The average molecular weight is 280 g/mol. The molecular weight excluding hydrogens is 267 g/mol. The van der Waals surface area contributed by atoms with Crippen molar-refractivity contribution in [3.05, 3.63) is 30.3 Å². The molecule has 0 fully saturated rings. The van der Waals surface area contributed by atoms with Crippen LogP contribution in [-0.2, 0) is 23.7 Å². The molecule has 0 aliphatic rings. The minimum Gasteiger partial charge on any atom is -0.382 e. The van der Waals surface area contributed by atoms with Crippen LogP contribution in [0, 0.1) is 0 Å². The highest BCUT2D eigenvalue weighted by Crippen LogP contribution is 2.47. The van der Waals surface area contributed by atoms with E-state index in [1.165, 1.54) is 12.1 Å². The van der Waals surface area contributed by atoms with Crippen LogP contribution in [0.2, 0.25) is 0 Å². The van der Waals surface area contributed by atoms with E-state index >= 15 is 0 Å². The molecule has 1 aromatic rings. The summed E-state index contributed by atoms with van der Waals surface area (Å²) in [7, 11) is -5.46. The van der Waals surface area contributed by atoms with Crippen LogP contribution in [-0.4, -0.2) is 28.1 Å². The number of rotatable bonds is 6. The average Bonchev–Trinajstić information content (AvgIpc) is 2.29. The quantitative estimate of drug-likeness (QED) is 0.584. The van der Waals surface area contributed by atoms with E-state index in [2.05, 4.69) is 9.05 Å². The van der Waals surface area contributed by atoms with Gasteiger partial charge in [0.25, 0.3) is 0 Å². The summed E-state index contributed by atoms with van der Waals surface area (Å²) in [4.78, 5) is 0. The fourth-order valence-electron chi connectivity index (χ4n) is 1.02. The van der Waals surface area contributed by atoms with Crippen LogP contribution < -0.4 is 4.18 Å². The Hall–Kier alpha value is -0.880. The van der Waals surface area contributed by atoms with Crippen LogP contribution in [0.25, 0.3) is 0 Å². The molecule has 0 heterocycles. The van der Waals surface area contributed by atoms with Gasteiger partial charge in [-0.1, -0.05) is 18.2 Å². The molecule has 8 heteroatoms. The van der Waals surface area contributed by atoms with Crippen molar-refractivity contribution < 1.29 is 26.2 Å². The van der Waals surface area contributed by atoms with E-state index in [1.54, 1.807) is 18.2 Å². The summed E-state index contributed by atoms with van der Waals surface area (Å²) in [5, 5.41) is 0. The lowest BCUT2D eigenvalue weighted by atomic mass is 10.3. The topological polar surface area (TPSA) is 78.9 Å². The van der Waals surface area contributed by atoms with E-state index in [-0.39, 0.29) is 5.75 Å². The number of benzene rings is 1. The molecule has 0 saturated carbocycles. The smallest absolute Gasteiger partial charge is 0.348 e. The molecule has 0 saturated heterocycles. The molecule has 0 aliphatic carbocycles. The minimum absolute atomic E-state index is 0.145. The Bertz CT molecular complexity index is 489. The highest BCUT2D eigenvalue weighted by Gasteiger charge is 2.31. The zero-order valence-electron chi connectivity index (χ0n) is 9.40. The van der Waals surface area contributed by atoms with Gasteiger partial charge in [-0.25, -0.2) is 0 Å². The van der Waals surface area contributed by atoms with Crippen LogP contribution >= 0.6 is 7.60 Å². The molecule has 17 heavy (non-hydrogen) atoms. The van der Waals surface area contributed by atoms with Crippen LogP contribution in [0.4, 0.5) is 0 Å². The molecule has 0 aromatic heterocycles. The maximum atomic E-state index is 11.7. The van der Waals surface area contributed by atoms with Crippen LogP contribution in [0.5, 0.6) is 5.75 Å². The van der Waals surface area contributed by atoms with Gasteiger partial charge in [-0.15, -0.1) is 0 Å². The maximum Gasteiger partial charge on any atom is 0.348 e. The zero-order valence-corrected chi connectivity index (χ0v) is 11.1. The van der Waals surface area contributed by atoms with Crippen molar-refractivity contribution in [3.63, 3.8) is 0 Å². The first-order valence-corrected chi connectivity index (χ1v) is 7.89. The predicted octanol–water partition coefficient (Wildman–Crippen LogP) is 1.84. The lowest BCUT2D eigenvalue weighted by Crippen LogP contribution is -2.15. The van der Waals surface area contributed by atoms with Gasteiger partial charge in [-0.05, 0) is 12.1 Å². The molecule has 96 valence electrons. The van der Waals surface area contributed by atoms with Gasteiger partial charge in [0.15, 0.2) is 5.49 Å². The summed E-state index contributed by atoms with van der Waals surface area (Å²) < 4.78 is 48.6. The standard InChI is InChI=1S/C9H13O6PS/c1-13-16(10,14-2)8-17(11,12)15-9-6-4-3-5-7-9/h3-7H,8H2,1-2H3. The molecule has 0 amide bonds. The first kappa shape index (κ1) is 14.2. The van der Waals surface area contributed by atoms with E-state index in [9.17, 15) is 13.0 Å². The number of hydrogen-bond donors (Lipinski definition) is 0. The van der Waals surface area contributed by atoms with Gasteiger partial charge >= 0.3 is 17.7 Å². The molecule has 0 aliphatic heterocycles. The first-order chi connectivity index (χ1) is 7.91. The van der Waals surface area contributed by atoms with Crippen molar-refractivity contribution in [2.45, 2.75) is 0 Å². The van der Waals surface area contributed by atoms with Crippen molar-refractivity contribution >= 4 is 17.7 Å². The molecule has 1 aromatic carbocycles. The monoisotopic (exact) mass is 280 g/mol. The Morgan fingerprint density at radius 3 is 2.12 bits per heavy atom. The van der Waals surface area contributed by atoms with Gasteiger partial charge < -0.3 is 13.2 Å². The number of hydrogen-bond acceptors (Lipinski definition) is 6. The van der Waals surface area contributed by atoms with Crippen LogP contribution in [0.1, 0.15) is 0 Å². The fourth-order valence-corrected chi connectivity index (χ4v) is 4.18. The molecule has 0 bridgehead atoms. The van der Waals surface area contributed by atoms with Crippen LogP contribution in [0.15, 0.2) is 30.3 Å². The predicted molar refractivity (Wildman–Crippen MR) is 62.5 cm³/mol. The Morgan fingerprint density at radius 2 is 1.65 bits per heavy atom. The Balaban J connectivity index is 2.81. The lowest BCUT2D eigenvalue weighted by molar-refractivity contribution is 0.279. The minimum atomic E-state index is -4.03. The second-order valence-corrected chi connectivity index (χ2v) is 7.33. The molecule has 0 N–H and O–H groups in total. The third kappa shape index (κ3) is 4.47. The molecule has 0 atom stereocenters. The highest BCUT2D eigenvalue weighted by atomic mass is 32.2. The number of para-hydroxylation sites is 1. The summed E-state index contributed by atoms with van der Waals surface area (Å²) in [6, 6.07) is 7.91. The van der Waals surface area contributed by atoms with E-state index in [0.29, 0.717) is 0 Å². The van der Waals surface area contributed by atoms with E-state index < -0.39 is 23.2 Å². The van der Waals surface area contributed by atoms with Gasteiger partial charge in [0, 0.05) is 14.2 Å². The SMILES string of the molecule is COP(=O)(CS(=O)(=O)Oc1ccccc1)OC.